The van der Waals surface area contributed by atoms with Crippen molar-refractivity contribution in [2.24, 2.45) is 0 Å². The largest absolute Gasteiger partial charge is 0.311 e. The highest BCUT2D eigenvalue weighted by Crippen LogP contribution is 2.32. The minimum atomic E-state index is -0.235. The summed E-state index contributed by atoms with van der Waals surface area (Å²) in [7, 11) is 0. The van der Waals surface area contributed by atoms with Crippen molar-refractivity contribution in [1.82, 2.24) is 9.55 Å². The van der Waals surface area contributed by atoms with Gasteiger partial charge in [-0.05, 0) is 43.2 Å². The van der Waals surface area contributed by atoms with Crippen molar-refractivity contribution in [3.8, 4) is 5.69 Å². The number of aromatic nitrogens is 2. The number of rotatable bonds is 4. The molecule has 0 spiro atoms. The Morgan fingerprint density at radius 1 is 1.23 bits per heavy atom. The molecule has 1 unspecified atom stereocenters. The van der Waals surface area contributed by atoms with E-state index >= 15 is 0 Å². The lowest BCUT2D eigenvalue weighted by atomic mass is 10.2. The number of benzene rings is 2. The van der Waals surface area contributed by atoms with Crippen LogP contribution >= 0.6 is 23.4 Å². The molecule has 1 aliphatic rings. The fourth-order valence-electron chi connectivity index (χ4n) is 3.19. The fourth-order valence-corrected chi connectivity index (χ4v) is 4.32. The number of para-hydroxylation sites is 1. The molecule has 1 amide bonds. The molecule has 6 heteroatoms. The molecule has 3 aromatic rings. The SMILES string of the molecule is CC(Sc1nccn1-c1cccc(Cl)c1)C(=O)N1CCc2ccccc21. The van der Waals surface area contributed by atoms with E-state index in [2.05, 4.69) is 11.1 Å². The summed E-state index contributed by atoms with van der Waals surface area (Å²) in [6.45, 7) is 2.68. The lowest BCUT2D eigenvalue weighted by Gasteiger charge is -2.21. The summed E-state index contributed by atoms with van der Waals surface area (Å²) in [6, 6.07) is 15.7. The van der Waals surface area contributed by atoms with Gasteiger partial charge in [-0.1, -0.05) is 47.6 Å². The predicted octanol–water partition coefficient (Wildman–Crippen LogP) is 4.60. The molecule has 1 atom stereocenters. The van der Waals surface area contributed by atoms with Crippen LogP contribution in [0.15, 0.2) is 66.1 Å². The van der Waals surface area contributed by atoms with Gasteiger partial charge in [0.15, 0.2) is 5.16 Å². The molecule has 0 N–H and O–H groups in total. The summed E-state index contributed by atoms with van der Waals surface area (Å²) in [5.74, 6) is 0.112. The first-order valence-electron chi connectivity index (χ1n) is 8.49. The molecule has 1 aliphatic heterocycles. The molecule has 0 saturated heterocycles. The highest BCUT2D eigenvalue weighted by Gasteiger charge is 2.29. The van der Waals surface area contributed by atoms with E-state index in [0.717, 1.165) is 29.5 Å². The maximum absolute atomic E-state index is 13.0. The minimum Gasteiger partial charge on any atom is -0.311 e. The number of halogens is 1. The Morgan fingerprint density at radius 3 is 2.92 bits per heavy atom. The maximum atomic E-state index is 13.0. The average molecular weight is 384 g/mol. The summed E-state index contributed by atoms with van der Waals surface area (Å²) in [5.41, 5.74) is 3.20. The number of imidazole rings is 1. The molecule has 0 fully saturated rings. The summed E-state index contributed by atoms with van der Waals surface area (Å²) in [6.07, 6.45) is 4.54. The van der Waals surface area contributed by atoms with Crippen molar-refractivity contribution in [3.63, 3.8) is 0 Å². The highest BCUT2D eigenvalue weighted by molar-refractivity contribution is 8.00. The van der Waals surface area contributed by atoms with Crippen LogP contribution in [0.3, 0.4) is 0 Å². The van der Waals surface area contributed by atoms with Crippen molar-refractivity contribution >= 4 is 35.0 Å². The molecule has 4 rings (SSSR count). The Hall–Kier alpha value is -2.24. The first-order valence-corrected chi connectivity index (χ1v) is 9.74. The van der Waals surface area contributed by atoms with E-state index in [1.54, 1.807) is 6.20 Å². The lowest BCUT2D eigenvalue weighted by Crippen LogP contribution is -2.35. The topological polar surface area (TPSA) is 38.1 Å². The van der Waals surface area contributed by atoms with Crippen LogP contribution in [0.2, 0.25) is 5.02 Å². The Kier molecular flexibility index (Phi) is 4.74. The van der Waals surface area contributed by atoms with E-state index in [4.69, 9.17) is 11.6 Å². The Bertz CT molecular complexity index is 955. The maximum Gasteiger partial charge on any atom is 0.240 e. The van der Waals surface area contributed by atoms with Gasteiger partial charge in [-0.25, -0.2) is 4.98 Å². The van der Waals surface area contributed by atoms with Crippen molar-refractivity contribution in [1.29, 1.82) is 0 Å². The third kappa shape index (κ3) is 3.24. The molecule has 4 nitrogen and oxygen atoms in total. The molecular formula is C20H18ClN3OS. The number of fused-ring (bicyclic) bond motifs is 1. The van der Waals surface area contributed by atoms with Gasteiger partial charge in [0.2, 0.25) is 5.91 Å². The second kappa shape index (κ2) is 7.17. The zero-order valence-electron chi connectivity index (χ0n) is 14.3. The molecule has 0 bridgehead atoms. The van der Waals surface area contributed by atoms with E-state index < -0.39 is 0 Å². The Balaban J connectivity index is 1.54. The number of carbonyl (C=O) groups is 1. The van der Waals surface area contributed by atoms with Gasteiger partial charge in [-0.3, -0.25) is 9.36 Å². The standard InChI is InChI=1S/C20H18ClN3OS/c1-14(19(25)24-11-9-15-5-2-3-8-18(15)24)26-20-22-10-12-23(20)17-7-4-6-16(21)13-17/h2-8,10,12-14H,9,11H2,1H3. The van der Waals surface area contributed by atoms with E-state index in [9.17, 15) is 4.79 Å². The second-order valence-electron chi connectivity index (χ2n) is 6.19. The number of carbonyl (C=O) groups excluding carboxylic acids is 1. The van der Waals surface area contributed by atoms with E-state index in [1.165, 1.54) is 17.3 Å². The summed E-state index contributed by atoms with van der Waals surface area (Å²) in [4.78, 5) is 19.3. The summed E-state index contributed by atoms with van der Waals surface area (Å²) < 4.78 is 1.96. The monoisotopic (exact) mass is 383 g/mol. The summed E-state index contributed by atoms with van der Waals surface area (Å²) in [5, 5.41) is 1.21. The van der Waals surface area contributed by atoms with Gasteiger partial charge in [0.05, 0.1) is 5.25 Å². The van der Waals surface area contributed by atoms with Crippen LogP contribution in [0.4, 0.5) is 5.69 Å². The fraction of sp³-hybridized carbons (Fsp3) is 0.200. The third-order valence-electron chi connectivity index (χ3n) is 4.48. The first kappa shape index (κ1) is 17.2. The van der Waals surface area contributed by atoms with Crippen LogP contribution in [0.25, 0.3) is 5.69 Å². The van der Waals surface area contributed by atoms with E-state index in [-0.39, 0.29) is 11.2 Å². The van der Waals surface area contributed by atoms with Crippen LogP contribution in [-0.4, -0.2) is 27.3 Å². The Morgan fingerprint density at radius 2 is 2.08 bits per heavy atom. The normalized spacial score (nSPS) is 14.3. The molecular weight excluding hydrogens is 366 g/mol. The van der Waals surface area contributed by atoms with Crippen molar-refractivity contribution < 1.29 is 4.79 Å². The van der Waals surface area contributed by atoms with Crippen molar-refractivity contribution in [2.45, 2.75) is 23.8 Å². The summed E-state index contributed by atoms with van der Waals surface area (Å²) >= 11 is 7.57. The second-order valence-corrected chi connectivity index (χ2v) is 7.93. The number of nitrogens with zero attached hydrogens (tertiary/aromatic N) is 3. The lowest BCUT2D eigenvalue weighted by molar-refractivity contribution is -0.117. The molecule has 1 aromatic heterocycles. The number of anilines is 1. The zero-order chi connectivity index (χ0) is 18.1. The van der Waals surface area contributed by atoms with Crippen LogP contribution in [0.1, 0.15) is 12.5 Å². The quantitative estimate of drug-likeness (QED) is 0.618. The van der Waals surface area contributed by atoms with Crippen LogP contribution in [0.5, 0.6) is 0 Å². The number of hydrogen-bond acceptors (Lipinski definition) is 3. The van der Waals surface area contributed by atoms with Gasteiger partial charge >= 0.3 is 0 Å². The van der Waals surface area contributed by atoms with Gasteiger partial charge in [-0.2, -0.15) is 0 Å². The molecule has 2 heterocycles. The van der Waals surface area contributed by atoms with Gasteiger partial charge in [0.1, 0.15) is 0 Å². The van der Waals surface area contributed by atoms with Crippen molar-refractivity contribution in [2.75, 3.05) is 11.4 Å². The molecule has 2 aromatic carbocycles. The molecule has 26 heavy (non-hydrogen) atoms. The van der Waals surface area contributed by atoms with Crippen LogP contribution < -0.4 is 4.90 Å². The average Bonchev–Trinajstić information content (AvgIpc) is 3.28. The van der Waals surface area contributed by atoms with E-state index in [1.807, 2.05) is 65.1 Å². The van der Waals surface area contributed by atoms with Gasteiger partial charge in [-0.15, -0.1) is 0 Å². The smallest absolute Gasteiger partial charge is 0.240 e. The molecule has 132 valence electrons. The predicted molar refractivity (Wildman–Crippen MR) is 106 cm³/mol. The highest BCUT2D eigenvalue weighted by atomic mass is 35.5. The third-order valence-corrected chi connectivity index (χ3v) is 5.78. The molecule has 0 radical (unpaired) electrons. The van der Waals surface area contributed by atoms with Gasteiger partial charge < -0.3 is 4.90 Å². The number of hydrogen-bond donors (Lipinski definition) is 0. The number of amides is 1. The van der Waals surface area contributed by atoms with Crippen molar-refractivity contribution in [3.05, 3.63) is 71.5 Å². The molecule has 0 saturated carbocycles. The van der Waals surface area contributed by atoms with Gasteiger partial charge in [0.25, 0.3) is 0 Å². The molecule has 0 aliphatic carbocycles. The van der Waals surface area contributed by atoms with Crippen LogP contribution in [-0.2, 0) is 11.2 Å². The van der Waals surface area contributed by atoms with Gasteiger partial charge in [0, 0.05) is 35.3 Å². The Labute approximate surface area is 161 Å². The zero-order valence-corrected chi connectivity index (χ0v) is 15.9. The van der Waals surface area contributed by atoms with Crippen LogP contribution in [0, 0.1) is 0 Å². The number of thioether (sulfide) groups is 1. The van der Waals surface area contributed by atoms with E-state index in [0.29, 0.717) is 5.02 Å². The first-order chi connectivity index (χ1) is 12.6. The minimum absolute atomic E-state index is 0.112.